The average Bonchev–Trinajstić information content (AvgIpc) is 2.91. The second-order valence-corrected chi connectivity index (χ2v) is 4.13. The monoisotopic (exact) mass is 307 g/mol. The molecule has 0 aliphatic rings. The second-order valence-electron chi connectivity index (χ2n) is 4.13. The third-order valence-corrected chi connectivity index (χ3v) is 2.69. The van der Waals surface area contributed by atoms with E-state index in [0.717, 1.165) is 0 Å². The molecule has 0 aliphatic heterocycles. The van der Waals surface area contributed by atoms with E-state index < -0.39 is 34.8 Å². The summed E-state index contributed by atoms with van der Waals surface area (Å²) in [6.45, 7) is -0.113. The number of rotatable bonds is 5. The number of nitrogens with one attached hydrogen (secondary N) is 1. The first-order chi connectivity index (χ1) is 9.95. The van der Waals surface area contributed by atoms with Gasteiger partial charge < -0.3 is 10.4 Å². The lowest BCUT2D eigenvalue weighted by molar-refractivity contribution is 0.269. The molecule has 0 radical (unpaired) electrons. The van der Waals surface area contributed by atoms with Gasteiger partial charge >= 0.3 is 0 Å². The van der Waals surface area contributed by atoms with Crippen LogP contribution in [0.15, 0.2) is 12.4 Å². The maximum atomic E-state index is 13.4. The highest BCUT2D eigenvalue weighted by Gasteiger charge is 2.25. The van der Waals surface area contributed by atoms with Gasteiger partial charge in [-0.05, 0) is 0 Å². The molecule has 114 valence electrons. The topological polar surface area (TPSA) is 50.1 Å². The summed E-state index contributed by atoms with van der Waals surface area (Å²) in [6, 6.07) is 0. The van der Waals surface area contributed by atoms with Crippen LogP contribution in [0.25, 0.3) is 0 Å². The SMILES string of the molecule is OCCn1cc(CNc2c(F)c(F)c(F)c(F)c2F)cn1. The van der Waals surface area contributed by atoms with Crippen LogP contribution in [-0.4, -0.2) is 21.5 Å². The van der Waals surface area contributed by atoms with E-state index in [-0.39, 0.29) is 19.7 Å². The van der Waals surface area contributed by atoms with E-state index in [1.54, 1.807) is 0 Å². The van der Waals surface area contributed by atoms with E-state index in [1.807, 2.05) is 0 Å². The van der Waals surface area contributed by atoms with Crippen molar-refractivity contribution in [3.05, 3.63) is 47.0 Å². The zero-order valence-electron chi connectivity index (χ0n) is 10.5. The summed E-state index contributed by atoms with van der Waals surface area (Å²) in [4.78, 5) is 0. The van der Waals surface area contributed by atoms with Crippen LogP contribution in [0.2, 0.25) is 0 Å². The Hall–Kier alpha value is -2.16. The standard InChI is InChI=1S/C12H10F5N3O/c13-7-8(14)10(16)12(11(17)9(7)15)18-3-6-4-19-20(5-6)1-2-21/h4-5,18,21H,1-3H2. The van der Waals surface area contributed by atoms with Gasteiger partial charge in [-0.2, -0.15) is 5.10 Å². The van der Waals surface area contributed by atoms with Crippen molar-refractivity contribution >= 4 is 5.69 Å². The Labute approximate surface area is 115 Å². The molecule has 1 aromatic carbocycles. The van der Waals surface area contributed by atoms with Gasteiger partial charge in [0, 0.05) is 18.3 Å². The van der Waals surface area contributed by atoms with Gasteiger partial charge in [0.25, 0.3) is 0 Å². The minimum Gasteiger partial charge on any atom is -0.394 e. The molecule has 0 atom stereocenters. The van der Waals surface area contributed by atoms with Gasteiger partial charge in [0.2, 0.25) is 5.82 Å². The molecule has 0 aliphatic carbocycles. The van der Waals surface area contributed by atoms with E-state index in [2.05, 4.69) is 10.4 Å². The maximum absolute atomic E-state index is 13.4. The molecule has 2 N–H and O–H groups in total. The van der Waals surface area contributed by atoms with Crippen LogP contribution in [0.1, 0.15) is 5.56 Å². The Morgan fingerprint density at radius 3 is 2.14 bits per heavy atom. The largest absolute Gasteiger partial charge is 0.394 e. The molecule has 0 unspecified atom stereocenters. The number of aliphatic hydroxyl groups excluding tert-OH is 1. The quantitative estimate of drug-likeness (QED) is 0.506. The summed E-state index contributed by atoms with van der Waals surface area (Å²) >= 11 is 0. The van der Waals surface area contributed by atoms with Gasteiger partial charge in [0.05, 0.1) is 19.3 Å². The van der Waals surface area contributed by atoms with Crippen molar-refractivity contribution in [2.45, 2.75) is 13.1 Å². The average molecular weight is 307 g/mol. The molecule has 2 aromatic rings. The summed E-state index contributed by atoms with van der Waals surface area (Å²) in [7, 11) is 0. The molecule has 0 fully saturated rings. The van der Waals surface area contributed by atoms with Crippen LogP contribution in [0.3, 0.4) is 0 Å². The van der Waals surface area contributed by atoms with Crippen LogP contribution < -0.4 is 5.32 Å². The van der Waals surface area contributed by atoms with Crippen molar-refractivity contribution in [1.29, 1.82) is 0 Å². The Morgan fingerprint density at radius 1 is 1.00 bits per heavy atom. The van der Waals surface area contributed by atoms with E-state index >= 15 is 0 Å². The van der Waals surface area contributed by atoms with E-state index in [9.17, 15) is 22.0 Å². The fourth-order valence-corrected chi connectivity index (χ4v) is 1.67. The molecule has 1 aromatic heterocycles. The molecule has 0 amide bonds. The molecule has 0 bridgehead atoms. The summed E-state index contributed by atoms with van der Waals surface area (Å²) in [5.41, 5.74) is -0.645. The number of halogens is 5. The predicted molar refractivity (Wildman–Crippen MR) is 62.9 cm³/mol. The first-order valence-electron chi connectivity index (χ1n) is 5.83. The summed E-state index contributed by atoms with van der Waals surface area (Å²) in [6.07, 6.45) is 2.81. The highest BCUT2D eigenvalue weighted by molar-refractivity contribution is 5.48. The van der Waals surface area contributed by atoms with Crippen LogP contribution in [0.5, 0.6) is 0 Å². The fraction of sp³-hybridized carbons (Fsp3) is 0.250. The summed E-state index contributed by atoms with van der Waals surface area (Å²) < 4.78 is 67.0. The number of hydrogen-bond acceptors (Lipinski definition) is 3. The number of nitrogens with zero attached hydrogens (tertiary/aromatic N) is 2. The normalized spacial score (nSPS) is 11.0. The fourth-order valence-electron chi connectivity index (χ4n) is 1.67. The van der Waals surface area contributed by atoms with Crippen molar-refractivity contribution in [1.82, 2.24) is 9.78 Å². The molecule has 0 saturated heterocycles. The highest BCUT2D eigenvalue weighted by atomic mass is 19.2. The molecule has 1 heterocycles. The Bertz CT molecular complexity index is 630. The summed E-state index contributed by atoms with van der Waals surface area (Å²) in [5.74, 6) is -10.1. The number of hydrogen-bond donors (Lipinski definition) is 2. The predicted octanol–water partition coefficient (Wildman–Crippen LogP) is 2.18. The third-order valence-electron chi connectivity index (χ3n) is 2.69. The third kappa shape index (κ3) is 2.97. The molecular formula is C12H10F5N3O. The maximum Gasteiger partial charge on any atom is 0.200 e. The number of aromatic nitrogens is 2. The van der Waals surface area contributed by atoms with Gasteiger partial charge in [-0.3, -0.25) is 4.68 Å². The Balaban J connectivity index is 2.20. The van der Waals surface area contributed by atoms with Crippen molar-refractivity contribution in [2.24, 2.45) is 0 Å². The lowest BCUT2D eigenvalue weighted by Crippen LogP contribution is -2.09. The molecular weight excluding hydrogens is 297 g/mol. The van der Waals surface area contributed by atoms with Crippen molar-refractivity contribution in [2.75, 3.05) is 11.9 Å². The second kappa shape index (κ2) is 6.08. The highest BCUT2D eigenvalue weighted by Crippen LogP contribution is 2.27. The van der Waals surface area contributed by atoms with E-state index in [0.29, 0.717) is 5.56 Å². The minimum absolute atomic E-state index is 0.147. The van der Waals surface area contributed by atoms with Crippen LogP contribution in [-0.2, 0) is 13.1 Å². The zero-order valence-corrected chi connectivity index (χ0v) is 10.5. The van der Waals surface area contributed by atoms with Crippen molar-refractivity contribution < 1.29 is 27.1 Å². The van der Waals surface area contributed by atoms with Gasteiger partial charge in [-0.1, -0.05) is 0 Å². The zero-order chi connectivity index (χ0) is 15.6. The van der Waals surface area contributed by atoms with Gasteiger partial charge in [0.15, 0.2) is 23.3 Å². The van der Waals surface area contributed by atoms with Crippen molar-refractivity contribution in [3.63, 3.8) is 0 Å². The van der Waals surface area contributed by atoms with Crippen LogP contribution >= 0.6 is 0 Å². The number of benzene rings is 1. The smallest absolute Gasteiger partial charge is 0.200 e. The van der Waals surface area contributed by atoms with Crippen molar-refractivity contribution in [3.8, 4) is 0 Å². The number of anilines is 1. The summed E-state index contributed by atoms with van der Waals surface area (Å²) in [5, 5.41) is 14.7. The van der Waals surface area contributed by atoms with Gasteiger partial charge in [0.1, 0.15) is 5.69 Å². The Kier molecular flexibility index (Phi) is 4.41. The lowest BCUT2D eigenvalue weighted by Gasteiger charge is -2.09. The van der Waals surface area contributed by atoms with Crippen LogP contribution in [0.4, 0.5) is 27.6 Å². The molecule has 0 spiro atoms. The molecule has 9 heteroatoms. The molecule has 2 rings (SSSR count). The number of aliphatic hydroxyl groups is 1. The molecule has 4 nitrogen and oxygen atoms in total. The minimum atomic E-state index is -2.20. The van der Waals surface area contributed by atoms with Gasteiger partial charge in [-0.15, -0.1) is 0 Å². The van der Waals surface area contributed by atoms with E-state index in [1.165, 1.54) is 17.1 Å². The Morgan fingerprint density at radius 2 is 1.57 bits per heavy atom. The molecule has 21 heavy (non-hydrogen) atoms. The first kappa shape index (κ1) is 15.2. The first-order valence-corrected chi connectivity index (χ1v) is 5.83. The lowest BCUT2D eigenvalue weighted by atomic mass is 10.2. The van der Waals surface area contributed by atoms with E-state index in [4.69, 9.17) is 5.11 Å². The molecule has 0 saturated carbocycles. The van der Waals surface area contributed by atoms with Crippen LogP contribution in [0, 0.1) is 29.1 Å². The van der Waals surface area contributed by atoms with Gasteiger partial charge in [-0.25, -0.2) is 22.0 Å².